The van der Waals surface area contributed by atoms with Crippen LogP contribution in [0.4, 0.5) is 0 Å². The van der Waals surface area contributed by atoms with Crippen LogP contribution in [0.25, 0.3) is 0 Å². The minimum absolute atomic E-state index is 0. The maximum Gasteiger partial charge on any atom is 0.191 e. The topological polar surface area (TPSA) is 68.0 Å². The number of halogens is 1. The second-order valence-electron chi connectivity index (χ2n) is 5.49. The molecule has 0 aliphatic heterocycles. The van der Waals surface area contributed by atoms with E-state index in [1.54, 1.807) is 20.5 Å². The largest absolute Gasteiger partial charge is 0.493 e. The quantitative estimate of drug-likeness (QED) is 0.252. The van der Waals surface area contributed by atoms with Gasteiger partial charge < -0.3 is 24.5 Å². The summed E-state index contributed by atoms with van der Waals surface area (Å²) in [6.07, 6.45) is 3.60. The van der Waals surface area contributed by atoms with Crippen LogP contribution in [0.15, 0.2) is 46.0 Å². The molecule has 2 rings (SSSR count). The lowest BCUT2D eigenvalue weighted by Crippen LogP contribution is -2.37. The predicted molar refractivity (Wildman–Crippen MR) is 115 cm³/mol. The minimum atomic E-state index is 0. The van der Waals surface area contributed by atoms with E-state index in [4.69, 9.17) is 13.9 Å². The highest BCUT2D eigenvalue weighted by molar-refractivity contribution is 14.0. The molecular weight excluding hydrogens is 445 g/mol. The summed E-state index contributed by atoms with van der Waals surface area (Å²) >= 11 is 0. The van der Waals surface area contributed by atoms with E-state index in [2.05, 4.69) is 21.7 Å². The number of hydrogen-bond donors (Lipinski definition) is 2. The van der Waals surface area contributed by atoms with E-state index in [-0.39, 0.29) is 24.0 Å². The molecule has 0 radical (unpaired) electrons. The van der Waals surface area contributed by atoms with Crippen molar-refractivity contribution in [2.24, 2.45) is 4.99 Å². The number of ether oxygens (including phenoxy) is 2. The zero-order chi connectivity index (χ0) is 17.9. The van der Waals surface area contributed by atoms with Crippen LogP contribution in [0, 0.1) is 0 Å². The first-order valence-electron chi connectivity index (χ1n) is 8.52. The van der Waals surface area contributed by atoms with Gasteiger partial charge in [0.05, 0.1) is 20.5 Å². The molecule has 0 aliphatic carbocycles. The number of rotatable bonds is 9. The molecule has 0 atom stereocenters. The highest BCUT2D eigenvalue weighted by atomic mass is 127. The first-order valence-corrected chi connectivity index (χ1v) is 8.52. The first kappa shape index (κ1) is 22.1. The van der Waals surface area contributed by atoms with Gasteiger partial charge in [-0.3, -0.25) is 0 Å². The molecule has 26 heavy (non-hydrogen) atoms. The van der Waals surface area contributed by atoms with E-state index >= 15 is 0 Å². The van der Waals surface area contributed by atoms with Crippen LogP contribution in [0.3, 0.4) is 0 Å². The number of furan rings is 1. The Morgan fingerprint density at radius 3 is 2.58 bits per heavy atom. The molecule has 2 N–H and O–H groups in total. The highest BCUT2D eigenvalue weighted by Gasteiger charge is 2.05. The third-order valence-corrected chi connectivity index (χ3v) is 3.70. The van der Waals surface area contributed by atoms with Gasteiger partial charge in [0.2, 0.25) is 0 Å². The molecule has 144 valence electrons. The van der Waals surface area contributed by atoms with E-state index in [9.17, 15) is 0 Å². The van der Waals surface area contributed by atoms with Crippen molar-refractivity contribution in [1.29, 1.82) is 0 Å². The lowest BCUT2D eigenvalue weighted by molar-refractivity contribution is 0.354. The summed E-state index contributed by atoms with van der Waals surface area (Å²) in [7, 11) is 3.30. The number of nitrogens with one attached hydrogen (secondary N) is 2. The summed E-state index contributed by atoms with van der Waals surface area (Å²) in [5.74, 6) is 3.17. The maximum absolute atomic E-state index is 5.34. The van der Waals surface area contributed by atoms with E-state index in [1.165, 1.54) is 5.56 Å². The zero-order valence-corrected chi connectivity index (χ0v) is 17.9. The lowest BCUT2D eigenvalue weighted by Gasteiger charge is -2.12. The number of guanidine groups is 1. The molecule has 0 saturated carbocycles. The van der Waals surface area contributed by atoms with Crippen LogP contribution < -0.4 is 20.1 Å². The average Bonchev–Trinajstić information content (AvgIpc) is 3.16. The fourth-order valence-corrected chi connectivity index (χ4v) is 2.44. The maximum atomic E-state index is 5.34. The number of aliphatic imine (C=N–C) groups is 1. The van der Waals surface area contributed by atoms with E-state index < -0.39 is 0 Å². The Morgan fingerprint density at radius 1 is 1.12 bits per heavy atom. The smallest absolute Gasteiger partial charge is 0.191 e. The molecule has 0 saturated heterocycles. The summed E-state index contributed by atoms with van der Waals surface area (Å²) in [4.78, 5) is 4.51. The number of nitrogens with zero attached hydrogens (tertiary/aromatic N) is 1. The summed E-state index contributed by atoms with van der Waals surface area (Å²) in [5.41, 5.74) is 1.22. The Labute approximate surface area is 172 Å². The summed E-state index contributed by atoms with van der Waals surface area (Å²) in [6.45, 7) is 4.23. The lowest BCUT2D eigenvalue weighted by atomic mass is 10.1. The van der Waals surface area contributed by atoms with E-state index in [1.807, 2.05) is 31.2 Å². The molecular formula is C19H28IN3O3. The molecule has 0 aliphatic rings. The zero-order valence-electron chi connectivity index (χ0n) is 15.6. The number of methoxy groups -OCH3 is 2. The molecule has 6 nitrogen and oxygen atoms in total. The SMILES string of the molecule is CCNC(=NCc1ccco1)NCCCc1ccc(OC)c(OC)c1.I. The van der Waals surface area contributed by atoms with Gasteiger partial charge in [0.15, 0.2) is 17.5 Å². The fraction of sp³-hybridized carbons (Fsp3) is 0.421. The minimum Gasteiger partial charge on any atom is -0.493 e. The Hall–Kier alpha value is -1.90. The molecule has 0 amide bonds. The Bertz CT molecular complexity index is 660. The molecule has 2 aromatic rings. The van der Waals surface area contributed by atoms with Gasteiger partial charge in [-0.1, -0.05) is 6.07 Å². The van der Waals surface area contributed by atoms with Gasteiger partial charge in [-0.25, -0.2) is 4.99 Å². The third-order valence-electron chi connectivity index (χ3n) is 3.70. The Balaban J connectivity index is 0.00000338. The van der Waals surface area contributed by atoms with Crippen molar-refractivity contribution in [3.05, 3.63) is 47.9 Å². The third kappa shape index (κ3) is 7.15. The van der Waals surface area contributed by atoms with Gasteiger partial charge in [0.25, 0.3) is 0 Å². The monoisotopic (exact) mass is 473 g/mol. The molecule has 0 fully saturated rings. The normalized spacial score (nSPS) is 10.8. The van der Waals surface area contributed by atoms with Gasteiger partial charge in [0.1, 0.15) is 12.3 Å². The number of hydrogen-bond acceptors (Lipinski definition) is 4. The van der Waals surface area contributed by atoms with Crippen LogP contribution in [-0.4, -0.2) is 33.3 Å². The molecule has 7 heteroatoms. The van der Waals surface area contributed by atoms with Gasteiger partial charge in [0, 0.05) is 13.1 Å². The van der Waals surface area contributed by atoms with Crippen molar-refractivity contribution in [3.8, 4) is 11.5 Å². The van der Waals surface area contributed by atoms with Crippen molar-refractivity contribution >= 4 is 29.9 Å². The predicted octanol–water partition coefficient (Wildman–Crippen LogP) is 3.60. The average molecular weight is 473 g/mol. The van der Waals surface area contributed by atoms with E-state index in [0.717, 1.165) is 49.1 Å². The summed E-state index contributed by atoms with van der Waals surface area (Å²) in [5, 5.41) is 6.58. The molecule has 1 aromatic heterocycles. The number of aryl methyl sites for hydroxylation is 1. The Morgan fingerprint density at radius 2 is 1.92 bits per heavy atom. The Kier molecular flexibility index (Phi) is 10.6. The molecule has 1 heterocycles. The van der Waals surface area contributed by atoms with Crippen molar-refractivity contribution in [2.45, 2.75) is 26.3 Å². The van der Waals surface area contributed by atoms with Crippen LogP contribution in [-0.2, 0) is 13.0 Å². The standard InChI is InChI=1S/C19H27N3O3.HI/c1-4-20-19(22-14-16-8-6-12-25-16)21-11-5-7-15-9-10-17(23-2)18(13-15)24-3;/h6,8-10,12-13H,4-5,7,11,14H2,1-3H3,(H2,20,21,22);1H. The van der Waals surface area contributed by atoms with E-state index in [0.29, 0.717) is 6.54 Å². The highest BCUT2D eigenvalue weighted by Crippen LogP contribution is 2.27. The van der Waals surface area contributed by atoms with Crippen LogP contribution in [0.2, 0.25) is 0 Å². The summed E-state index contributed by atoms with van der Waals surface area (Å²) in [6, 6.07) is 9.82. The second kappa shape index (κ2) is 12.5. The number of benzene rings is 1. The van der Waals surface area contributed by atoms with Crippen LogP contribution >= 0.6 is 24.0 Å². The molecule has 0 bridgehead atoms. The summed E-state index contributed by atoms with van der Waals surface area (Å²) < 4.78 is 15.9. The van der Waals surface area contributed by atoms with Crippen LogP contribution in [0.1, 0.15) is 24.7 Å². The van der Waals surface area contributed by atoms with Gasteiger partial charge in [-0.15, -0.1) is 24.0 Å². The van der Waals surface area contributed by atoms with Gasteiger partial charge in [-0.05, 0) is 49.6 Å². The molecule has 1 aromatic carbocycles. The molecule has 0 spiro atoms. The fourth-order valence-electron chi connectivity index (χ4n) is 2.44. The van der Waals surface area contributed by atoms with Crippen LogP contribution in [0.5, 0.6) is 11.5 Å². The van der Waals surface area contributed by atoms with Crippen molar-refractivity contribution < 1.29 is 13.9 Å². The first-order chi connectivity index (χ1) is 12.3. The molecule has 0 unspecified atom stereocenters. The van der Waals surface area contributed by atoms with Crippen molar-refractivity contribution in [3.63, 3.8) is 0 Å². The van der Waals surface area contributed by atoms with Crippen molar-refractivity contribution in [1.82, 2.24) is 10.6 Å². The van der Waals surface area contributed by atoms with Gasteiger partial charge >= 0.3 is 0 Å². The van der Waals surface area contributed by atoms with Crippen molar-refractivity contribution in [2.75, 3.05) is 27.3 Å². The van der Waals surface area contributed by atoms with Gasteiger partial charge in [-0.2, -0.15) is 0 Å². The second-order valence-corrected chi connectivity index (χ2v) is 5.49.